The molecule has 2 aromatic rings. The number of hydrogen-bond acceptors (Lipinski definition) is 4. The molecule has 1 aromatic heterocycles. The zero-order valence-corrected chi connectivity index (χ0v) is 14.3. The average molecular weight is 324 g/mol. The summed E-state index contributed by atoms with van der Waals surface area (Å²) in [6.07, 6.45) is 3.51. The van der Waals surface area contributed by atoms with Crippen molar-refractivity contribution in [1.29, 1.82) is 0 Å². The monoisotopic (exact) mass is 324 g/mol. The zero-order valence-electron chi connectivity index (χ0n) is 14.3. The van der Waals surface area contributed by atoms with Crippen molar-refractivity contribution in [2.45, 2.75) is 13.5 Å². The molecular formula is C19H24N4O. The van der Waals surface area contributed by atoms with E-state index >= 15 is 0 Å². The summed E-state index contributed by atoms with van der Waals surface area (Å²) in [6, 6.07) is 12.1. The van der Waals surface area contributed by atoms with E-state index in [4.69, 9.17) is 0 Å². The second kappa shape index (κ2) is 7.34. The smallest absolute Gasteiger partial charge is 0.239 e. The fourth-order valence-electron chi connectivity index (χ4n) is 3.23. The molecule has 5 heteroatoms. The Kier molecular flexibility index (Phi) is 4.99. The largest absolute Gasteiger partial charge is 0.373 e. The molecule has 0 bridgehead atoms. The highest BCUT2D eigenvalue weighted by Crippen LogP contribution is 2.32. The molecule has 5 nitrogen and oxygen atoms in total. The molecule has 1 amide bonds. The van der Waals surface area contributed by atoms with E-state index in [9.17, 15) is 4.79 Å². The molecular weight excluding hydrogens is 300 g/mol. The molecule has 1 aromatic carbocycles. The Morgan fingerprint density at radius 1 is 1.21 bits per heavy atom. The lowest BCUT2D eigenvalue weighted by atomic mass is 10.1. The first kappa shape index (κ1) is 16.3. The van der Waals surface area contributed by atoms with Crippen LogP contribution in [0.25, 0.3) is 0 Å². The van der Waals surface area contributed by atoms with Gasteiger partial charge in [-0.1, -0.05) is 25.1 Å². The fraction of sp³-hybridized carbons (Fsp3) is 0.368. The van der Waals surface area contributed by atoms with Crippen LogP contribution < -0.4 is 15.1 Å². The van der Waals surface area contributed by atoms with Crippen molar-refractivity contribution >= 4 is 17.3 Å². The first-order chi connectivity index (χ1) is 11.6. The van der Waals surface area contributed by atoms with E-state index in [-0.39, 0.29) is 5.91 Å². The number of aromatic nitrogens is 1. The lowest BCUT2D eigenvalue weighted by molar-refractivity contribution is -0.119. The molecule has 1 aliphatic rings. The van der Waals surface area contributed by atoms with Crippen LogP contribution >= 0.6 is 0 Å². The van der Waals surface area contributed by atoms with E-state index < -0.39 is 0 Å². The van der Waals surface area contributed by atoms with Crippen LogP contribution in [0.15, 0.2) is 48.8 Å². The predicted octanol–water partition coefficient (Wildman–Crippen LogP) is 2.29. The molecule has 0 fully saturated rings. The average Bonchev–Trinajstić information content (AvgIpc) is 2.71. The third-order valence-electron chi connectivity index (χ3n) is 4.30. The van der Waals surface area contributed by atoms with Gasteiger partial charge in [0.25, 0.3) is 0 Å². The number of hydrogen-bond donors (Lipinski definition) is 1. The van der Waals surface area contributed by atoms with Crippen LogP contribution in [0.3, 0.4) is 0 Å². The number of nitrogens with one attached hydrogen (secondary N) is 1. The minimum Gasteiger partial charge on any atom is -0.373 e. The number of para-hydroxylation sites is 2. The van der Waals surface area contributed by atoms with Gasteiger partial charge in [-0.2, -0.15) is 0 Å². The van der Waals surface area contributed by atoms with Gasteiger partial charge in [0.2, 0.25) is 5.91 Å². The van der Waals surface area contributed by atoms with Crippen molar-refractivity contribution in [3.63, 3.8) is 0 Å². The molecule has 0 saturated carbocycles. The summed E-state index contributed by atoms with van der Waals surface area (Å²) >= 11 is 0. The van der Waals surface area contributed by atoms with Gasteiger partial charge in [0, 0.05) is 39.1 Å². The van der Waals surface area contributed by atoms with Crippen LogP contribution in [0.4, 0.5) is 11.4 Å². The summed E-state index contributed by atoms with van der Waals surface area (Å²) in [4.78, 5) is 20.9. The van der Waals surface area contributed by atoms with E-state index in [1.807, 2.05) is 24.3 Å². The summed E-state index contributed by atoms with van der Waals surface area (Å²) < 4.78 is 0. The second-order valence-corrected chi connectivity index (χ2v) is 6.49. The Hall–Kier alpha value is -2.56. The van der Waals surface area contributed by atoms with E-state index in [1.165, 1.54) is 5.69 Å². The second-order valence-electron chi connectivity index (χ2n) is 6.49. The number of carbonyl (C=O) groups is 1. The summed E-state index contributed by atoms with van der Waals surface area (Å²) in [5, 5.41) is 2.99. The first-order valence-electron chi connectivity index (χ1n) is 8.34. The van der Waals surface area contributed by atoms with Crippen molar-refractivity contribution in [3.8, 4) is 0 Å². The third-order valence-corrected chi connectivity index (χ3v) is 4.30. The number of benzene rings is 1. The van der Waals surface area contributed by atoms with Gasteiger partial charge in [0.1, 0.15) is 0 Å². The highest BCUT2D eigenvalue weighted by molar-refractivity contribution is 5.84. The topological polar surface area (TPSA) is 48.5 Å². The minimum atomic E-state index is 0.0328. The molecule has 3 rings (SSSR count). The molecule has 24 heavy (non-hydrogen) atoms. The molecule has 2 heterocycles. The fourth-order valence-corrected chi connectivity index (χ4v) is 3.23. The van der Waals surface area contributed by atoms with E-state index in [1.54, 1.807) is 12.4 Å². The van der Waals surface area contributed by atoms with Gasteiger partial charge in [0.15, 0.2) is 0 Å². The molecule has 126 valence electrons. The van der Waals surface area contributed by atoms with Crippen molar-refractivity contribution in [2.75, 3.05) is 36.5 Å². The van der Waals surface area contributed by atoms with E-state index in [0.29, 0.717) is 19.0 Å². The summed E-state index contributed by atoms with van der Waals surface area (Å²) in [7, 11) is 2.11. The van der Waals surface area contributed by atoms with Crippen LogP contribution in [0, 0.1) is 5.92 Å². The third kappa shape index (κ3) is 3.85. The van der Waals surface area contributed by atoms with Crippen LogP contribution in [0.2, 0.25) is 0 Å². The number of nitrogens with zero attached hydrogens (tertiary/aromatic N) is 3. The number of pyridine rings is 1. The van der Waals surface area contributed by atoms with Gasteiger partial charge in [-0.15, -0.1) is 0 Å². The van der Waals surface area contributed by atoms with Gasteiger partial charge < -0.3 is 15.1 Å². The molecule has 1 N–H and O–H groups in total. The standard InChI is InChI=1S/C19H24N4O/c1-15-12-22(2)17-7-3-4-8-18(17)23(13-15)14-19(24)21-11-16-6-5-9-20-10-16/h3-10,15H,11-14H2,1-2H3,(H,21,24)/t15-/m1/s1. The number of rotatable bonds is 4. The van der Waals surface area contributed by atoms with Crippen LogP contribution in [0.5, 0.6) is 0 Å². The molecule has 1 atom stereocenters. The number of anilines is 2. The lowest BCUT2D eigenvalue weighted by Crippen LogP contribution is -2.39. The number of amides is 1. The highest BCUT2D eigenvalue weighted by Gasteiger charge is 2.23. The SMILES string of the molecule is C[C@@H]1CN(C)c2ccccc2N(CC(=O)NCc2cccnc2)C1. The maximum atomic E-state index is 12.4. The Morgan fingerprint density at radius 3 is 2.75 bits per heavy atom. The van der Waals surface area contributed by atoms with Crippen LogP contribution in [0.1, 0.15) is 12.5 Å². The Bertz CT molecular complexity index is 689. The molecule has 0 saturated heterocycles. The van der Waals surface area contributed by atoms with Crippen LogP contribution in [-0.2, 0) is 11.3 Å². The number of carbonyl (C=O) groups excluding carboxylic acids is 1. The van der Waals surface area contributed by atoms with Crippen molar-refractivity contribution in [2.24, 2.45) is 5.92 Å². The van der Waals surface area contributed by atoms with Crippen molar-refractivity contribution in [3.05, 3.63) is 54.4 Å². The summed E-state index contributed by atoms with van der Waals surface area (Å²) in [5.41, 5.74) is 3.32. The van der Waals surface area contributed by atoms with Gasteiger partial charge in [0.05, 0.1) is 17.9 Å². The summed E-state index contributed by atoms with van der Waals surface area (Å²) in [6.45, 7) is 4.97. The quantitative estimate of drug-likeness (QED) is 0.937. The highest BCUT2D eigenvalue weighted by atomic mass is 16.2. The van der Waals surface area contributed by atoms with E-state index in [2.05, 4.69) is 46.2 Å². The molecule has 0 radical (unpaired) electrons. The molecule has 0 unspecified atom stereocenters. The summed E-state index contributed by atoms with van der Waals surface area (Å²) in [5.74, 6) is 0.527. The van der Waals surface area contributed by atoms with Gasteiger partial charge >= 0.3 is 0 Å². The van der Waals surface area contributed by atoms with Crippen molar-refractivity contribution < 1.29 is 4.79 Å². The predicted molar refractivity (Wildman–Crippen MR) is 97.2 cm³/mol. The van der Waals surface area contributed by atoms with Crippen molar-refractivity contribution in [1.82, 2.24) is 10.3 Å². The Labute approximate surface area is 143 Å². The molecule has 1 aliphatic heterocycles. The maximum Gasteiger partial charge on any atom is 0.239 e. The minimum absolute atomic E-state index is 0.0328. The van der Waals surface area contributed by atoms with Gasteiger partial charge in [-0.25, -0.2) is 0 Å². The van der Waals surface area contributed by atoms with Gasteiger partial charge in [-0.05, 0) is 29.7 Å². The van der Waals surface area contributed by atoms with Gasteiger partial charge in [-0.3, -0.25) is 9.78 Å². The van der Waals surface area contributed by atoms with E-state index in [0.717, 1.165) is 24.3 Å². The molecule has 0 aliphatic carbocycles. The first-order valence-corrected chi connectivity index (χ1v) is 8.34. The van der Waals surface area contributed by atoms with Crippen LogP contribution in [-0.4, -0.2) is 37.6 Å². The normalized spacial score (nSPS) is 17.2. The number of fused-ring (bicyclic) bond motifs is 1. The Balaban J connectivity index is 1.68. The zero-order chi connectivity index (χ0) is 16.9. The Morgan fingerprint density at radius 2 is 2.00 bits per heavy atom. The lowest BCUT2D eigenvalue weighted by Gasteiger charge is -2.25. The molecule has 0 spiro atoms. The maximum absolute atomic E-state index is 12.4.